The monoisotopic (exact) mass is 197 g/mol. The number of hydrogen-bond donors (Lipinski definition) is 1. The first-order valence-corrected chi connectivity index (χ1v) is 6.21. The standard InChI is InChI=1S/C11H19NS/c1-3-5-7-10(12-4-2)11-8-6-9-13-11/h1,10-12H,4-9H2,2H3. The fourth-order valence-corrected chi connectivity index (χ4v) is 3.27. The summed E-state index contributed by atoms with van der Waals surface area (Å²) in [5.41, 5.74) is 0. The molecule has 2 atom stereocenters. The lowest BCUT2D eigenvalue weighted by Gasteiger charge is -2.22. The molecular weight excluding hydrogens is 178 g/mol. The molecule has 1 fully saturated rings. The van der Waals surface area contributed by atoms with E-state index in [1.54, 1.807) is 0 Å². The van der Waals surface area contributed by atoms with Crippen LogP contribution in [0, 0.1) is 12.3 Å². The third kappa shape index (κ3) is 3.62. The Balaban J connectivity index is 2.31. The van der Waals surface area contributed by atoms with E-state index in [-0.39, 0.29) is 0 Å². The van der Waals surface area contributed by atoms with Crippen LogP contribution in [-0.4, -0.2) is 23.6 Å². The van der Waals surface area contributed by atoms with Crippen molar-refractivity contribution in [3.05, 3.63) is 0 Å². The smallest absolute Gasteiger partial charge is 0.0201 e. The van der Waals surface area contributed by atoms with Crippen LogP contribution in [0.1, 0.15) is 32.6 Å². The molecule has 13 heavy (non-hydrogen) atoms. The highest BCUT2D eigenvalue weighted by Gasteiger charge is 2.23. The third-order valence-electron chi connectivity index (χ3n) is 2.48. The molecule has 0 radical (unpaired) electrons. The summed E-state index contributed by atoms with van der Waals surface area (Å²) in [6.07, 6.45) is 10.1. The lowest BCUT2D eigenvalue weighted by atomic mass is 10.0. The fraction of sp³-hybridized carbons (Fsp3) is 0.818. The molecule has 1 saturated heterocycles. The number of rotatable bonds is 5. The maximum atomic E-state index is 5.29. The number of terminal acetylenes is 1. The Hall–Kier alpha value is -0.130. The van der Waals surface area contributed by atoms with Gasteiger partial charge in [-0.25, -0.2) is 0 Å². The van der Waals surface area contributed by atoms with Gasteiger partial charge >= 0.3 is 0 Å². The van der Waals surface area contributed by atoms with Gasteiger partial charge in [-0.05, 0) is 31.6 Å². The normalized spacial score (nSPS) is 24.2. The van der Waals surface area contributed by atoms with E-state index in [4.69, 9.17) is 6.42 Å². The zero-order valence-corrected chi connectivity index (χ0v) is 9.20. The lowest BCUT2D eigenvalue weighted by molar-refractivity contribution is 0.474. The first-order chi connectivity index (χ1) is 6.38. The molecule has 1 N–H and O–H groups in total. The van der Waals surface area contributed by atoms with E-state index < -0.39 is 0 Å². The second-order valence-electron chi connectivity index (χ2n) is 3.46. The summed E-state index contributed by atoms with van der Waals surface area (Å²) in [5, 5.41) is 4.36. The molecule has 0 aromatic heterocycles. The van der Waals surface area contributed by atoms with Crippen molar-refractivity contribution in [1.29, 1.82) is 0 Å². The van der Waals surface area contributed by atoms with Gasteiger partial charge in [0.25, 0.3) is 0 Å². The molecule has 2 heteroatoms. The molecule has 1 heterocycles. The molecule has 1 aliphatic rings. The van der Waals surface area contributed by atoms with Crippen molar-refractivity contribution in [2.45, 2.75) is 43.9 Å². The van der Waals surface area contributed by atoms with Crippen molar-refractivity contribution in [2.75, 3.05) is 12.3 Å². The molecular formula is C11H19NS. The Bertz CT molecular complexity index is 167. The first kappa shape index (κ1) is 10.9. The highest BCUT2D eigenvalue weighted by Crippen LogP contribution is 2.30. The quantitative estimate of drug-likeness (QED) is 0.679. The van der Waals surface area contributed by atoms with Crippen LogP contribution in [0.3, 0.4) is 0 Å². The van der Waals surface area contributed by atoms with E-state index in [0.717, 1.165) is 24.6 Å². The van der Waals surface area contributed by atoms with Crippen LogP contribution in [0.2, 0.25) is 0 Å². The van der Waals surface area contributed by atoms with E-state index in [2.05, 4.69) is 29.9 Å². The van der Waals surface area contributed by atoms with Crippen LogP contribution in [0.4, 0.5) is 0 Å². The van der Waals surface area contributed by atoms with E-state index in [1.165, 1.54) is 18.6 Å². The average Bonchev–Trinajstić information content (AvgIpc) is 2.65. The van der Waals surface area contributed by atoms with Gasteiger partial charge in [0.2, 0.25) is 0 Å². The summed E-state index contributed by atoms with van der Waals surface area (Å²) in [5.74, 6) is 4.07. The molecule has 1 aliphatic heterocycles. The molecule has 0 amide bonds. The molecule has 0 aromatic rings. The molecule has 2 unspecified atom stereocenters. The fourth-order valence-electron chi connectivity index (χ4n) is 1.84. The Morgan fingerprint density at radius 2 is 2.54 bits per heavy atom. The van der Waals surface area contributed by atoms with Gasteiger partial charge in [0, 0.05) is 17.7 Å². The zero-order valence-electron chi connectivity index (χ0n) is 8.38. The SMILES string of the molecule is C#CCCC(NCC)C1CCCS1. The Morgan fingerprint density at radius 1 is 1.69 bits per heavy atom. The van der Waals surface area contributed by atoms with Crippen molar-refractivity contribution >= 4 is 11.8 Å². The van der Waals surface area contributed by atoms with Crippen LogP contribution in [0.5, 0.6) is 0 Å². The second kappa shape index (κ2) is 6.34. The second-order valence-corrected chi connectivity index (χ2v) is 4.81. The van der Waals surface area contributed by atoms with Gasteiger partial charge < -0.3 is 5.32 Å². The number of hydrogen-bond acceptors (Lipinski definition) is 2. The molecule has 0 aromatic carbocycles. The highest BCUT2D eigenvalue weighted by atomic mass is 32.2. The van der Waals surface area contributed by atoms with Crippen LogP contribution in [0.25, 0.3) is 0 Å². The summed E-state index contributed by atoms with van der Waals surface area (Å²) in [7, 11) is 0. The summed E-state index contributed by atoms with van der Waals surface area (Å²) in [6, 6.07) is 0.647. The molecule has 0 saturated carbocycles. The van der Waals surface area contributed by atoms with Crippen molar-refractivity contribution < 1.29 is 0 Å². The molecule has 0 spiro atoms. The molecule has 74 valence electrons. The minimum absolute atomic E-state index is 0.647. The Kier molecular flexibility index (Phi) is 5.34. The number of nitrogens with one attached hydrogen (secondary N) is 1. The summed E-state index contributed by atoms with van der Waals surface area (Å²) in [4.78, 5) is 0. The predicted molar refractivity (Wildman–Crippen MR) is 61.0 cm³/mol. The largest absolute Gasteiger partial charge is 0.313 e. The molecule has 1 nitrogen and oxygen atoms in total. The maximum Gasteiger partial charge on any atom is 0.0201 e. The van der Waals surface area contributed by atoms with Gasteiger partial charge in [0.1, 0.15) is 0 Å². The first-order valence-electron chi connectivity index (χ1n) is 5.17. The van der Waals surface area contributed by atoms with Crippen LogP contribution in [0.15, 0.2) is 0 Å². The van der Waals surface area contributed by atoms with Gasteiger partial charge in [0.05, 0.1) is 0 Å². The van der Waals surface area contributed by atoms with E-state index in [9.17, 15) is 0 Å². The summed E-state index contributed by atoms with van der Waals surface area (Å²) < 4.78 is 0. The Labute approximate surface area is 86.1 Å². The van der Waals surface area contributed by atoms with Crippen molar-refractivity contribution in [2.24, 2.45) is 0 Å². The maximum absolute atomic E-state index is 5.29. The molecule has 0 aliphatic carbocycles. The van der Waals surface area contributed by atoms with E-state index >= 15 is 0 Å². The predicted octanol–water partition coefficient (Wildman–Crippen LogP) is 2.27. The molecule has 0 bridgehead atoms. The lowest BCUT2D eigenvalue weighted by Crippen LogP contribution is -2.36. The van der Waals surface area contributed by atoms with E-state index in [0.29, 0.717) is 6.04 Å². The highest BCUT2D eigenvalue weighted by molar-refractivity contribution is 8.00. The van der Waals surface area contributed by atoms with Crippen LogP contribution >= 0.6 is 11.8 Å². The summed E-state index contributed by atoms with van der Waals surface area (Å²) in [6.45, 7) is 3.23. The third-order valence-corrected chi connectivity index (χ3v) is 4.00. The van der Waals surface area contributed by atoms with Gasteiger partial charge in [-0.1, -0.05) is 6.92 Å². The number of thioether (sulfide) groups is 1. The van der Waals surface area contributed by atoms with Gasteiger partial charge in [0.15, 0.2) is 0 Å². The minimum atomic E-state index is 0.647. The zero-order chi connectivity index (χ0) is 9.52. The van der Waals surface area contributed by atoms with Crippen LogP contribution in [-0.2, 0) is 0 Å². The van der Waals surface area contributed by atoms with Crippen molar-refractivity contribution in [3.63, 3.8) is 0 Å². The van der Waals surface area contributed by atoms with Crippen molar-refractivity contribution in [3.8, 4) is 12.3 Å². The minimum Gasteiger partial charge on any atom is -0.313 e. The summed E-state index contributed by atoms with van der Waals surface area (Å²) >= 11 is 2.11. The van der Waals surface area contributed by atoms with Crippen molar-refractivity contribution in [1.82, 2.24) is 5.32 Å². The van der Waals surface area contributed by atoms with Gasteiger partial charge in [-0.15, -0.1) is 12.3 Å². The van der Waals surface area contributed by atoms with Gasteiger partial charge in [-0.3, -0.25) is 0 Å². The van der Waals surface area contributed by atoms with Crippen LogP contribution < -0.4 is 5.32 Å². The molecule has 1 rings (SSSR count). The van der Waals surface area contributed by atoms with E-state index in [1.807, 2.05) is 0 Å². The topological polar surface area (TPSA) is 12.0 Å². The van der Waals surface area contributed by atoms with Gasteiger partial charge in [-0.2, -0.15) is 11.8 Å². The Morgan fingerprint density at radius 3 is 3.08 bits per heavy atom. The average molecular weight is 197 g/mol.